The Hall–Kier alpha value is -0.710. The lowest BCUT2D eigenvalue weighted by Gasteiger charge is -2.33. The van der Waals surface area contributed by atoms with E-state index in [1.807, 2.05) is 6.92 Å². The molecule has 138 valence electrons. The van der Waals surface area contributed by atoms with E-state index in [2.05, 4.69) is 4.72 Å². The van der Waals surface area contributed by atoms with Crippen molar-refractivity contribution < 1.29 is 16.8 Å². The number of sulfonamides is 2. The normalized spacial score (nSPS) is 21.0. The molecule has 1 heterocycles. The predicted octanol–water partition coefficient (Wildman–Crippen LogP) is 0.764. The third-order valence-corrected chi connectivity index (χ3v) is 7.51. The Balaban J connectivity index is 0.00000288. The van der Waals surface area contributed by atoms with Crippen molar-refractivity contribution in [3.63, 3.8) is 0 Å². The minimum atomic E-state index is -3.63. The topological polar surface area (TPSA) is 110 Å². The zero-order valence-corrected chi connectivity index (χ0v) is 16.1. The zero-order valence-electron chi connectivity index (χ0n) is 13.7. The van der Waals surface area contributed by atoms with Crippen molar-refractivity contribution in [2.24, 2.45) is 11.7 Å². The molecule has 1 aromatic rings. The number of rotatable bonds is 5. The molecule has 0 bridgehead atoms. The molecule has 0 spiro atoms. The van der Waals surface area contributed by atoms with Crippen molar-refractivity contribution >= 4 is 32.5 Å². The molecule has 1 aliphatic rings. The van der Waals surface area contributed by atoms with Gasteiger partial charge >= 0.3 is 0 Å². The second kappa shape index (κ2) is 8.11. The molecule has 2 rings (SSSR count). The van der Waals surface area contributed by atoms with E-state index >= 15 is 0 Å². The number of hydrogen-bond acceptors (Lipinski definition) is 5. The summed E-state index contributed by atoms with van der Waals surface area (Å²) in [5.41, 5.74) is 5.90. The number of hydrogen-bond donors (Lipinski definition) is 2. The molecule has 1 fully saturated rings. The summed E-state index contributed by atoms with van der Waals surface area (Å²) < 4.78 is 52.4. The first-order valence-electron chi connectivity index (χ1n) is 7.48. The van der Waals surface area contributed by atoms with Crippen molar-refractivity contribution in [2.75, 3.05) is 20.1 Å². The van der Waals surface area contributed by atoms with E-state index in [1.54, 1.807) is 0 Å². The average Bonchev–Trinajstić information content (AvgIpc) is 2.55. The van der Waals surface area contributed by atoms with Gasteiger partial charge in [0.25, 0.3) is 0 Å². The highest BCUT2D eigenvalue weighted by molar-refractivity contribution is 7.89. The molecule has 1 saturated heterocycles. The van der Waals surface area contributed by atoms with Crippen LogP contribution >= 0.6 is 12.4 Å². The van der Waals surface area contributed by atoms with Crippen molar-refractivity contribution in [3.05, 3.63) is 24.3 Å². The summed E-state index contributed by atoms with van der Waals surface area (Å²) in [7, 11) is -5.91. The second-order valence-electron chi connectivity index (χ2n) is 5.80. The Kier molecular flexibility index (Phi) is 7.21. The summed E-state index contributed by atoms with van der Waals surface area (Å²) in [5.74, 6) is 0.141. The van der Waals surface area contributed by atoms with Crippen LogP contribution in [0, 0.1) is 5.92 Å². The van der Waals surface area contributed by atoms with Crippen LogP contribution in [0.15, 0.2) is 34.1 Å². The first kappa shape index (κ1) is 21.3. The molecule has 2 unspecified atom stereocenters. The Morgan fingerprint density at radius 2 is 1.71 bits per heavy atom. The van der Waals surface area contributed by atoms with Crippen LogP contribution in [0.25, 0.3) is 0 Å². The number of halogens is 1. The Morgan fingerprint density at radius 3 is 2.21 bits per heavy atom. The van der Waals surface area contributed by atoms with Gasteiger partial charge in [0.2, 0.25) is 20.0 Å². The van der Waals surface area contributed by atoms with Gasteiger partial charge in [-0.25, -0.2) is 21.6 Å². The van der Waals surface area contributed by atoms with Gasteiger partial charge in [-0.15, -0.1) is 12.4 Å². The zero-order chi connectivity index (χ0) is 17.3. The minimum Gasteiger partial charge on any atom is -0.328 e. The van der Waals surface area contributed by atoms with Crippen LogP contribution in [0.4, 0.5) is 0 Å². The smallest absolute Gasteiger partial charge is 0.243 e. The van der Waals surface area contributed by atoms with Gasteiger partial charge in [0.05, 0.1) is 9.79 Å². The molecule has 0 aliphatic carbocycles. The van der Waals surface area contributed by atoms with E-state index < -0.39 is 20.0 Å². The molecule has 10 heteroatoms. The van der Waals surface area contributed by atoms with Crippen molar-refractivity contribution in [2.45, 2.75) is 35.6 Å². The molecule has 7 nitrogen and oxygen atoms in total. The number of nitrogens with two attached hydrogens (primary N) is 1. The standard InChI is InChI=1S/C14H23N3O4S2.ClH/c1-11(15)12-4-3-9-17(10-12)23(20,21)14-7-5-13(6-8-14)22(18,19)16-2;/h5-8,11-12,16H,3-4,9-10,15H2,1-2H3;1H. The summed E-state index contributed by atoms with van der Waals surface area (Å²) in [6, 6.07) is 5.19. The summed E-state index contributed by atoms with van der Waals surface area (Å²) >= 11 is 0. The van der Waals surface area contributed by atoms with Crippen LogP contribution in [0.1, 0.15) is 19.8 Å². The lowest BCUT2D eigenvalue weighted by molar-refractivity contribution is 0.243. The summed E-state index contributed by atoms with van der Waals surface area (Å²) in [4.78, 5) is 0.129. The van der Waals surface area contributed by atoms with E-state index in [9.17, 15) is 16.8 Å². The van der Waals surface area contributed by atoms with Crippen LogP contribution in [0.2, 0.25) is 0 Å². The number of benzene rings is 1. The molecular weight excluding hydrogens is 374 g/mol. The quantitative estimate of drug-likeness (QED) is 0.762. The fourth-order valence-corrected chi connectivity index (χ4v) is 4.94. The summed E-state index contributed by atoms with van der Waals surface area (Å²) in [6.07, 6.45) is 1.70. The molecule has 24 heavy (non-hydrogen) atoms. The molecule has 3 N–H and O–H groups in total. The highest BCUT2D eigenvalue weighted by Crippen LogP contribution is 2.25. The van der Waals surface area contributed by atoms with Crippen molar-refractivity contribution in [3.8, 4) is 0 Å². The maximum atomic E-state index is 12.7. The Bertz CT molecular complexity index is 749. The first-order valence-corrected chi connectivity index (χ1v) is 10.4. The lowest BCUT2D eigenvalue weighted by Crippen LogP contribution is -2.44. The minimum absolute atomic E-state index is 0. The SMILES string of the molecule is CNS(=O)(=O)c1ccc(S(=O)(=O)N2CCCC(C(C)N)C2)cc1.Cl. The van der Waals surface area contributed by atoms with Gasteiger partial charge in [-0.05, 0) is 57.0 Å². The van der Waals surface area contributed by atoms with Gasteiger partial charge in [0.15, 0.2) is 0 Å². The van der Waals surface area contributed by atoms with E-state index in [4.69, 9.17) is 5.73 Å². The Morgan fingerprint density at radius 1 is 1.17 bits per heavy atom. The van der Waals surface area contributed by atoms with Gasteiger partial charge in [0.1, 0.15) is 0 Å². The van der Waals surface area contributed by atoms with Crippen LogP contribution < -0.4 is 10.5 Å². The third kappa shape index (κ3) is 4.47. The number of nitrogens with one attached hydrogen (secondary N) is 1. The maximum absolute atomic E-state index is 12.7. The van der Waals surface area contributed by atoms with Gasteiger partial charge in [0, 0.05) is 19.1 Å². The van der Waals surface area contributed by atoms with Crippen molar-refractivity contribution in [1.29, 1.82) is 0 Å². The molecule has 0 saturated carbocycles. The largest absolute Gasteiger partial charge is 0.328 e. The van der Waals surface area contributed by atoms with Crippen LogP contribution in [0.5, 0.6) is 0 Å². The lowest BCUT2D eigenvalue weighted by atomic mass is 9.93. The van der Waals surface area contributed by atoms with Crippen LogP contribution in [-0.4, -0.2) is 47.3 Å². The summed E-state index contributed by atoms with van der Waals surface area (Å²) in [6.45, 7) is 2.75. The molecule has 0 amide bonds. The molecule has 0 aromatic heterocycles. The molecule has 1 aliphatic heterocycles. The van der Waals surface area contributed by atoms with E-state index in [0.717, 1.165) is 12.8 Å². The molecule has 1 aromatic carbocycles. The highest BCUT2D eigenvalue weighted by atomic mass is 35.5. The van der Waals surface area contributed by atoms with E-state index in [0.29, 0.717) is 13.1 Å². The maximum Gasteiger partial charge on any atom is 0.243 e. The molecule has 2 atom stereocenters. The van der Waals surface area contributed by atoms with Gasteiger partial charge in [-0.3, -0.25) is 0 Å². The third-order valence-electron chi connectivity index (χ3n) is 4.20. The molecular formula is C14H24ClN3O4S2. The monoisotopic (exact) mass is 397 g/mol. The fraction of sp³-hybridized carbons (Fsp3) is 0.571. The van der Waals surface area contributed by atoms with E-state index in [1.165, 1.54) is 35.6 Å². The number of nitrogens with zero attached hydrogens (tertiary/aromatic N) is 1. The van der Waals surface area contributed by atoms with Gasteiger partial charge < -0.3 is 5.73 Å². The highest BCUT2D eigenvalue weighted by Gasteiger charge is 2.31. The van der Waals surface area contributed by atoms with E-state index in [-0.39, 0.29) is 34.2 Å². The second-order valence-corrected chi connectivity index (χ2v) is 9.63. The number of piperidine rings is 1. The fourth-order valence-electron chi connectivity index (χ4n) is 2.68. The van der Waals surface area contributed by atoms with Crippen molar-refractivity contribution in [1.82, 2.24) is 9.03 Å². The summed E-state index contributed by atoms with van der Waals surface area (Å²) in [5, 5.41) is 0. The van der Waals surface area contributed by atoms with Crippen LogP contribution in [-0.2, 0) is 20.0 Å². The van der Waals surface area contributed by atoms with Crippen LogP contribution in [0.3, 0.4) is 0 Å². The Labute approximate surface area is 150 Å². The van der Waals surface area contributed by atoms with Gasteiger partial charge in [-0.1, -0.05) is 0 Å². The average molecular weight is 398 g/mol. The molecule has 0 radical (unpaired) electrons. The predicted molar refractivity (Wildman–Crippen MR) is 95.1 cm³/mol. The van der Waals surface area contributed by atoms with Gasteiger partial charge in [-0.2, -0.15) is 4.31 Å². The first-order chi connectivity index (χ1) is 10.7.